The summed E-state index contributed by atoms with van der Waals surface area (Å²) < 4.78 is 0. The van der Waals surface area contributed by atoms with Crippen molar-refractivity contribution < 1.29 is 19.5 Å². The second-order valence-corrected chi connectivity index (χ2v) is 5.36. The summed E-state index contributed by atoms with van der Waals surface area (Å²) in [5, 5.41) is 16.6. The fourth-order valence-electron chi connectivity index (χ4n) is 1.89. The average Bonchev–Trinajstić information content (AvgIpc) is 2.29. The van der Waals surface area contributed by atoms with Crippen molar-refractivity contribution in [1.29, 1.82) is 0 Å². The van der Waals surface area contributed by atoms with Crippen LogP contribution in [0.15, 0.2) is 0 Å². The summed E-state index contributed by atoms with van der Waals surface area (Å²) in [7, 11) is 0. The number of carboxylic acids is 1. The number of aliphatic carboxylic acids is 1. The van der Waals surface area contributed by atoms with Gasteiger partial charge in [-0.3, -0.25) is 9.59 Å². The van der Waals surface area contributed by atoms with Crippen LogP contribution in [0.1, 0.15) is 39.5 Å². The lowest BCUT2D eigenvalue weighted by Crippen LogP contribution is -2.56. The molecule has 1 heterocycles. The van der Waals surface area contributed by atoms with Crippen LogP contribution in [-0.2, 0) is 9.59 Å². The van der Waals surface area contributed by atoms with Gasteiger partial charge in [0.05, 0.1) is 0 Å². The Morgan fingerprint density at radius 2 is 2.16 bits per heavy atom. The van der Waals surface area contributed by atoms with Gasteiger partial charge < -0.3 is 21.1 Å². The zero-order chi connectivity index (χ0) is 14.5. The average molecular weight is 271 g/mol. The van der Waals surface area contributed by atoms with Crippen LogP contribution >= 0.6 is 0 Å². The van der Waals surface area contributed by atoms with Gasteiger partial charge in [-0.05, 0) is 33.1 Å². The van der Waals surface area contributed by atoms with Crippen molar-refractivity contribution in [3.63, 3.8) is 0 Å². The first-order valence-corrected chi connectivity index (χ1v) is 6.38. The molecule has 1 fully saturated rings. The monoisotopic (exact) mass is 271 g/mol. The Labute approximate surface area is 112 Å². The van der Waals surface area contributed by atoms with Gasteiger partial charge in [-0.2, -0.15) is 0 Å². The number of piperidine rings is 1. The molecule has 7 heteroatoms. The lowest BCUT2D eigenvalue weighted by Gasteiger charge is -2.28. The van der Waals surface area contributed by atoms with E-state index in [0.29, 0.717) is 19.4 Å². The van der Waals surface area contributed by atoms with Crippen LogP contribution in [-0.4, -0.2) is 41.1 Å². The zero-order valence-electron chi connectivity index (χ0n) is 11.3. The summed E-state index contributed by atoms with van der Waals surface area (Å²) in [6, 6.07) is -0.957. The van der Waals surface area contributed by atoms with E-state index in [4.69, 9.17) is 5.11 Å². The molecule has 0 aromatic carbocycles. The normalized spacial score (nSPS) is 19.5. The number of nitrogens with one attached hydrogen (secondary N) is 3. The van der Waals surface area contributed by atoms with Crippen LogP contribution in [0.5, 0.6) is 0 Å². The molecule has 3 amide bonds. The molecule has 0 spiro atoms. The van der Waals surface area contributed by atoms with E-state index in [1.807, 2.05) is 0 Å². The number of hydrogen-bond donors (Lipinski definition) is 4. The highest BCUT2D eigenvalue weighted by Crippen LogP contribution is 2.11. The number of carbonyl (C=O) groups is 3. The summed E-state index contributed by atoms with van der Waals surface area (Å²) in [4.78, 5) is 33.8. The first-order chi connectivity index (χ1) is 8.80. The Bertz CT molecular complexity index is 368. The highest BCUT2D eigenvalue weighted by molar-refractivity contribution is 5.87. The SMILES string of the molecule is CC(C)(CCC(=O)O)NC(=O)NC1CCCNC1=O. The molecule has 7 nitrogen and oxygen atoms in total. The number of carboxylic acid groups (broad SMARTS) is 1. The predicted octanol–water partition coefficient (Wildman–Crippen LogP) is 0.208. The van der Waals surface area contributed by atoms with Crippen molar-refractivity contribution >= 4 is 17.9 Å². The maximum Gasteiger partial charge on any atom is 0.315 e. The Morgan fingerprint density at radius 1 is 1.47 bits per heavy atom. The van der Waals surface area contributed by atoms with Crippen LogP contribution in [0.3, 0.4) is 0 Å². The van der Waals surface area contributed by atoms with Crippen molar-refractivity contribution in [3.8, 4) is 0 Å². The Kier molecular flexibility index (Phi) is 5.14. The summed E-state index contributed by atoms with van der Waals surface area (Å²) in [6.45, 7) is 4.13. The molecular weight excluding hydrogens is 250 g/mol. The molecule has 4 N–H and O–H groups in total. The lowest BCUT2D eigenvalue weighted by molar-refractivity contribution is -0.137. The highest BCUT2D eigenvalue weighted by atomic mass is 16.4. The van der Waals surface area contributed by atoms with Crippen LogP contribution in [0.2, 0.25) is 0 Å². The minimum absolute atomic E-state index is 0.0167. The van der Waals surface area contributed by atoms with Gasteiger partial charge in [0, 0.05) is 18.5 Å². The fourth-order valence-corrected chi connectivity index (χ4v) is 1.89. The molecule has 1 atom stereocenters. The van der Waals surface area contributed by atoms with Crippen LogP contribution in [0.4, 0.5) is 4.79 Å². The topological polar surface area (TPSA) is 108 Å². The standard InChI is InChI=1S/C12H21N3O4/c1-12(2,6-5-9(16)17)15-11(19)14-8-4-3-7-13-10(8)18/h8H,3-7H2,1-2H3,(H,13,18)(H,16,17)(H2,14,15,19). The number of carbonyl (C=O) groups excluding carboxylic acids is 2. The molecule has 1 rings (SSSR count). The predicted molar refractivity (Wildman–Crippen MR) is 68.6 cm³/mol. The fraction of sp³-hybridized carbons (Fsp3) is 0.750. The molecule has 0 bridgehead atoms. The van der Waals surface area contributed by atoms with E-state index in [0.717, 1.165) is 6.42 Å². The van der Waals surface area contributed by atoms with Gasteiger partial charge in [-0.1, -0.05) is 0 Å². The summed E-state index contributed by atoms with van der Waals surface area (Å²) in [5.41, 5.74) is -0.631. The van der Waals surface area contributed by atoms with Crippen molar-refractivity contribution in [2.75, 3.05) is 6.54 Å². The summed E-state index contributed by atoms with van der Waals surface area (Å²) >= 11 is 0. The van der Waals surface area contributed by atoms with Crippen LogP contribution < -0.4 is 16.0 Å². The minimum atomic E-state index is -0.901. The molecule has 1 aliphatic rings. The van der Waals surface area contributed by atoms with Gasteiger partial charge in [0.15, 0.2) is 0 Å². The van der Waals surface area contributed by atoms with Gasteiger partial charge >= 0.3 is 12.0 Å². The zero-order valence-corrected chi connectivity index (χ0v) is 11.3. The number of rotatable bonds is 5. The maximum atomic E-state index is 11.8. The van der Waals surface area contributed by atoms with Crippen LogP contribution in [0, 0.1) is 0 Å². The number of hydrogen-bond acceptors (Lipinski definition) is 3. The lowest BCUT2D eigenvalue weighted by atomic mass is 9.98. The second kappa shape index (κ2) is 6.40. The third-order valence-corrected chi connectivity index (χ3v) is 3.01. The quantitative estimate of drug-likeness (QED) is 0.573. The summed E-state index contributed by atoms with van der Waals surface area (Å²) in [5.74, 6) is -1.08. The Hall–Kier alpha value is -1.79. The molecule has 19 heavy (non-hydrogen) atoms. The molecular formula is C12H21N3O4. The molecule has 1 saturated heterocycles. The Balaban J connectivity index is 2.40. The van der Waals surface area contributed by atoms with E-state index in [1.165, 1.54) is 0 Å². The molecule has 108 valence electrons. The smallest absolute Gasteiger partial charge is 0.315 e. The highest BCUT2D eigenvalue weighted by Gasteiger charge is 2.26. The van der Waals surface area contributed by atoms with Crippen molar-refractivity contribution in [2.24, 2.45) is 0 Å². The van der Waals surface area contributed by atoms with Gasteiger partial charge in [0.25, 0.3) is 0 Å². The molecule has 1 unspecified atom stereocenters. The molecule has 0 aromatic rings. The Morgan fingerprint density at radius 3 is 2.74 bits per heavy atom. The van der Waals surface area contributed by atoms with Gasteiger partial charge in [-0.25, -0.2) is 4.79 Å². The second-order valence-electron chi connectivity index (χ2n) is 5.36. The molecule has 0 radical (unpaired) electrons. The first-order valence-electron chi connectivity index (χ1n) is 6.38. The van der Waals surface area contributed by atoms with E-state index in [9.17, 15) is 14.4 Å². The maximum absolute atomic E-state index is 11.8. The summed E-state index contributed by atoms with van der Waals surface area (Å²) in [6.07, 6.45) is 1.76. The number of urea groups is 1. The first kappa shape index (κ1) is 15.3. The van der Waals surface area contributed by atoms with E-state index in [-0.39, 0.29) is 12.3 Å². The van der Waals surface area contributed by atoms with Gasteiger partial charge in [-0.15, -0.1) is 0 Å². The van der Waals surface area contributed by atoms with E-state index >= 15 is 0 Å². The van der Waals surface area contributed by atoms with Crippen LogP contribution in [0.25, 0.3) is 0 Å². The molecule has 0 aliphatic carbocycles. The van der Waals surface area contributed by atoms with E-state index in [2.05, 4.69) is 16.0 Å². The minimum Gasteiger partial charge on any atom is -0.481 e. The van der Waals surface area contributed by atoms with Gasteiger partial charge in [0.1, 0.15) is 6.04 Å². The van der Waals surface area contributed by atoms with Gasteiger partial charge in [0.2, 0.25) is 5.91 Å². The molecule has 0 aromatic heterocycles. The van der Waals surface area contributed by atoms with E-state index < -0.39 is 23.6 Å². The van der Waals surface area contributed by atoms with E-state index in [1.54, 1.807) is 13.8 Å². The molecule has 1 aliphatic heterocycles. The molecule has 0 saturated carbocycles. The largest absolute Gasteiger partial charge is 0.481 e. The third-order valence-electron chi connectivity index (χ3n) is 3.01. The van der Waals surface area contributed by atoms with Crippen molar-refractivity contribution in [2.45, 2.75) is 51.1 Å². The van der Waals surface area contributed by atoms with Crippen molar-refractivity contribution in [3.05, 3.63) is 0 Å². The van der Waals surface area contributed by atoms with Crippen molar-refractivity contribution in [1.82, 2.24) is 16.0 Å². The number of amides is 3. The third kappa shape index (κ3) is 5.58.